The highest BCUT2D eigenvalue weighted by molar-refractivity contribution is 9.10. The molecule has 0 bridgehead atoms. The van der Waals surface area contributed by atoms with Gasteiger partial charge in [-0.3, -0.25) is 0 Å². The van der Waals surface area contributed by atoms with Crippen LogP contribution in [0.1, 0.15) is 52.2 Å². The molecule has 176 valence electrons. The zero-order valence-electron chi connectivity index (χ0n) is 19.5. The summed E-state index contributed by atoms with van der Waals surface area (Å²) in [7, 11) is -8.00. The van der Waals surface area contributed by atoms with E-state index < -0.39 is 24.7 Å². The minimum atomic E-state index is -4.16. The smallest absolute Gasteiger partial charge is 0.227 e. The van der Waals surface area contributed by atoms with E-state index in [9.17, 15) is 16.8 Å². The van der Waals surface area contributed by atoms with Crippen molar-refractivity contribution in [3.05, 3.63) is 76.3 Å². The molecular formula is C24H32BrNO4S2. The van der Waals surface area contributed by atoms with Gasteiger partial charge < -0.3 is 0 Å². The minimum absolute atomic E-state index is 0.0558. The summed E-state index contributed by atoms with van der Waals surface area (Å²) in [5, 5.41) is 0. The molecule has 0 saturated heterocycles. The SMILES string of the molecule is CC/C=C\C(C)(N(Cc1cccc(Br)c1)S(=O)(=O)c1ccc(C(C)(C)C)cc1)S(C)(=O)=O. The third-order valence-corrected chi connectivity index (χ3v) is 9.86. The maximum atomic E-state index is 13.9. The fourth-order valence-corrected chi connectivity index (χ4v) is 6.78. The molecule has 0 spiro atoms. The second kappa shape index (κ2) is 9.79. The molecule has 2 aromatic carbocycles. The van der Waals surface area contributed by atoms with Gasteiger partial charge in [0, 0.05) is 17.3 Å². The van der Waals surface area contributed by atoms with Crippen molar-refractivity contribution in [2.45, 2.75) is 62.8 Å². The lowest BCUT2D eigenvalue weighted by atomic mass is 9.87. The second-order valence-corrected chi connectivity index (χ2v) is 14.2. The highest BCUT2D eigenvalue weighted by atomic mass is 79.9. The Balaban J connectivity index is 2.72. The number of sulfone groups is 1. The van der Waals surface area contributed by atoms with E-state index in [1.165, 1.54) is 13.0 Å². The van der Waals surface area contributed by atoms with Crippen molar-refractivity contribution >= 4 is 35.8 Å². The van der Waals surface area contributed by atoms with Crippen LogP contribution in [0.3, 0.4) is 0 Å². The van der Waals surface area contributed by atoms with Gasteiger partial charge in [-0.05, 0) is 54.2 Å². The summed E-state index contributed by atoms with van der Waals surface area (Å²) in [5.74, 6) is 0. The Morgan fingerprint density at radius 1 is 0.969 bits per heavy atom. The van der Waals surface area contributed by atoms with Crippen LogP contribution in [0.15, 0.2) is 70.1 Å². The molecule has 0 amide bonds. The van der Waals surface area contributed by atoms with E-state index in [0.717, 1.165) is 20.6 Å². The number of allylic oxidation sites excluding steroid dienone is 1. The van der Waals surface area contributed by atoms with Gasteiger partial charge in [0.25, 0.3) is 0 Å². The average Bonchev–Trinajstić information content (AvgIpc) is 2.69. The molecule has 1 unspecified atom stereocenters. The van der Waals surface area contributed by atoms with Gasteiger partial charge in [0.15, 0.2) is 14.7 Å². The lowest BCUT2D eigenvalue weighted by molar-refractivity contribution is 0.327. The summed E-state index contributed by atoms with van der Waals surface area (Å²) in [6.07, 6.45) is 4.81. The Bertz CT molecular complexity index is 1180. The van der Waals surface area contributed by atoms with Crippen molar-refractivity contribution < 1.29 is 16.8 Å². The third kappa shape index (κ3) is 5.90. The molecule has 0 aliphatic carbocycles. The molecule has 0 N–H and O–H groups in total. The van der Waals surface area contributed by atoms with Gasteiger partial charge in [-0.1, -0.05) is 80.0 Å². The molecule has 2 rings (SSSR count). The number of halogens is 1. The van der Waals surface area contributed by atoms with Crippen LogP contribution >= 0.6 is 15.9 Å². The van der Waals surface area contributed by atoms with Crippen molar-refractivity contribution in [1.82, 2.24) is 4.31 Å². The standard InChI is InChI=1S/C24H32BrNO4S2/c1-7-8-16-24(5,31(6,27)28)26(18-19-10-9-11-21(25)17-19)32(29,30)22-14-12-20(13-15-22)23(2,3)4/h8-17H,7,18H2,1-6H3/b16-8-. The van der Waals surface area contributed by atoms with E-state index in [2.05, 4.69) is 15.9 Å². The number of rotatable bonds is 8. The minimum Gasteiger partial charge on any atom is -0.227 e. The monoisotopic (exact) mass is 541 g/mol. The van der Waals surface area contributed by atoms with E-state index in [1.807, 2.05) is 33.8 Å². The number of hydrogen-bond donors (Lipinski definition) is 0. The Labute approximate surface area is 201 Å². The van der Waals surface area contributed by atoms with E-state index >= 15 is 0 Å². The van der Waals surface area contributed by atoms with Gasteiger partial charge in [-0.2, -0.15) is 4.31 Å². The van der Waals surface area contributed by atoms with Gasteiger partial charge in [-0.15, -0.1) is 0 Å². The molecule has 0 aliphatic rings. The number of benzene rings is 2. The largest absolute Gasteiger partial charge is 0.245 e. The van der Waals surface area contributed by atoms with Crippen LogP contribution in [0, 0.1) is 0 Å². The average molecular weight is 543 g/mol. The molecule has 0 radical (unpaired) electrons. The normalized spacial score (nSPS) is 15.2. The molecule has 1 atom stereocenters. The van der Waals surface area contributed by atoms with Crippen LogP contribution in [0.2, 0.25) is 0 Å². The van der Waals surface area contributed by atoms with Gasteiger partial charge >= 0.3 is 0 Å². The lowest BCUT2D eigenvalue weighted by Gasteiger charge is -2.37. The third-order valence-electron chi connectivity index (χ3n) is 5.43. The summed E-state index contributed by atoms with van der Waals surface area (Å²) in [6.45, 7) is 9.36. The molecular weight excluding hydrogens is 510 g/mol. The predicted octanol–water partition coefficient (Wildman–Crippen LogP) is 5.66. The molecule has 32 heavy (non-hydrogen) atoms. The second-order valence-electron chi connectivity index (χ2n) is 9.05. The molecule has 0 heterocycles. The van der Waals surface area contributed by atoms with Gasteiger partial charge in [0.1, 0.15) is 0 Å². The molecule has 2 aromatic rings. The van der Waals surface area contributed by atoms with Crippen molar-refractivity contribution in [2.24, 2.45) is 0 Å². The summed E-state index contributed by atoms with van der Waals surface area (Å²) in [6, 6.07) is 13.9. The summed E-state index contributed by atoms with van der Waals surface area (Å²) in [4.78, 5) is -1.70. The van der Waals surface area contributed by atoms with Crippen molar-refractivity contribution in [3.63, 3.8) is 0 Å². The van der Waals surface area contributed by atoms with Gasteiger partial charge in [0.05, 0.1) is 4.90 Å². The first-order valence-corrected chi connectivity index (χ1v) is 14.5. The maximum absolute atomic E-state index is 13.9. The van der Waals surface area contributed by atoms with Crippen molar-refractivity contribution in [3.8, 4) is 0 Å². The van der Waals surface area contributed by atoms with Gasteiger partial charge in [-0.25, -0.2) is 16.8 Å². The van der Waals surface area contributed by atoms with Crippen molar-refractivity contribution in [1.29, 1.82) is 0 Å². The van der Waals surface area contributed by atoms with E-state index in [1.54, 1.807) is 48.5 Å². The highest BCUT2D eigenvalue weighted by Crippen LogP contribution is 2.34. The molecule has 0 aliphatic heterocycles. The van der Waals surface area contributed by atoms with Crippen molar-refractivity contribution in [2.75, 3.05) is 6.26 Å². The van der Waals surface area contributed by atoms with Crippen LogP contribution in [-0.4, -0.2) is 32.3 Å². The Morgan fingerprint density at radius 3 is 2.03 bits per heavy atom. The van der Waals surface area contributed by atoms with Crippen LogP contribution in [0.5, 0.6) is 0 Å². The van der Waals surface area contributed by atoms with Crippen LogP contribution in [0.25, 0.3) is 0 Å². The van der Waals surface area contributed by atoms with Crippen LogP contribution in [-0.2, 0) is 31.8 Å². The predicted molar refractivity (Wildman–Crippen MR) is 135 cm³/mol. The van der Waals surface area contributed by atoms with E-state index in [4.69, 9.17) is 0 Å². The van der Waals surface area contributed by atoms with E-state index in [-0.39, 0.29) is 16.9 Å². The quantitative estimate of drug-likeness (QED) is 0.404. The highest BCUT2D eigenvalue weighted by Gasteiger charge is 2.46. The topological polar surface area (TPSA) is 71.5 Å². The first-order chi connectivity index (χ1) is 14.6. The Hall–Kier alpha value is -1.48. The number of nitrogens with zero attached hydrogens (tertiary/aromatic N) is 1. The zero-order valence-corrected chi connectivity index (χ0v) is 22.7. The molecule has 0 aromatic heterocycles. The molecule has 8 heteroatoms. The van der Waals surface area contributed by atoms with E-state index in [0.29, 0.717) is 12.0 Å². The molecule has 0 fully saturated rings. The summed E-state index contributed by atoms with van der Waals surface area (Å²) in [5.41, 5.74) is 1.53. The molecule has 0 saturated carbocycles. The van der Waals surface area contributed by atoms with Crippen LogP contribution < -0.4 is 0 Å². The number of sulfonamides is 1. The fourth-order valence-electron chi connectivity index (χ4n) is 3.26. The number of hydrogen-bond acceptors (Lipinski definition) is 4. The lowest BCUT2D eigenvalue weighted by Crippen LogP contribution is -2.52. The van der Waals surface area contributed by atoms with Crippen LogP contribution in [0.4, 0.5) is 0 Å². The maximum Gasteiger partial charge on any atom is 0.245 e. The zero-order chi connectivity index (χ0) is 24.4. The fraction of sp³-hybridized carbons (Fsp3) is 0.417. The molecule has 5 nitrogen and oxygen atoms in total. The summed E-state index contributed by atoms with van der Waals surface area (Å²) < 4.78 is 55.5. The first kappa shape index (κ1) is 26.8. The van der Waals surface area contributed by atoms with Gasteiger partial charge in [0.2, 0.25) is 10.0 Å². The first-order valence-electron chi connectivity index (χ1n) is 10.4. The Morgan fingerprint density at radius 2 is 1.56 bits per heavy atom. The Kier molecular flexibility index (Phi) is 8.19. The summed E-state index contributed by atoms with van der Waals surface area (Å²) >= 11 is 3.41.